The summed E-state index contributed by atoms with van der Waals surface area (Å²) < 4.78 is 5.39. The third-order valence-electron chi connectivity index (χ3n) is 4.06. The van der Waals surface area contributed by atoms with Gasteiger partial charge in [0.25, 0.3) is 0 Å². The first-order valence-corrected chi connectivity index (χ1v) is 8.13. The second kappa shape index (κ2) is 8.54. The maximum atomic E-state index is 5.39. The van der Waals surface area contributed by atoms with Crippen molar-refractivity contribution in [2.75, 3.05) is 27.7 Å². The molecule has 0 aliphatic heterocycles. The second-order valence-electron chi connectivity index (χ2n) is 6.12. The molecule has 2 aromatic carbocycles. The Morgan fingerprint density at radius 2 is 1.83 bits per heavy atom. The van der Waals surface area contributed by atoms with Gasteiger partial charge in [0.1, 0.15) is 5.75 Å². The molecule has 0 N–H and O–H groups in total. The zero-order chi connectivity index (χ0) is 16.7. The van der Waals surface area contributed by atoms with Crippen LogP contribution in [0.2, 0.25) is 0 Å². The fraction of sp³-hybridized carbons (Fsp3) is 0.333. The largest absolute Gasteiger partial charge is 0.497 e. The first-order chi connectivity index (χ1) is 11.1. The average Bonchev–Trinajstić information content (AvgIpc) is 2.56. The zero-order valence-corrected chi connectivity index (χ0v) is 14.6. The van der Waals surface area contributed by atoms with Crippen molar-refractivity contribution in [1.82, 2.24) is 4.90 Å². The molecule has 2 aromatic rings. The fourth-order valence-electron chi connectivity index (χ4n) is 3.05. The zero-order valence-electron chi connectivity index (χ0n) is 14.6. The number of benzene rings is 2. The maximum Gasteiger partial charge on any atom is 0.119 e. The third-order valence-corrected chi connectivity index (χ3v) is 4.06. The highest BCUT2D eigenvalue weighted by Crippen LogP contribution is 2.29. The summed E-state index contributed by atoms with van der Waals surface area (Å²) in [7, 11) is 5.99. The minimum Gasteiger partial charge on any atom is -0.497 e. The highest BCUT2D eigenvalue weighted by atomic mass is 16.5. The lowest BCUT2D eigenvalue weighted by Crippen LogP contribution is -2.24. The van der Waals surface area contributed by atoms with Crippen molar-refractivity contribution in [3.8, 4) is 5.75 Å². The molecule has 0 saturated heterocycles. The quantitative estimate of drug-likeness (QED) is 0.745. The molecule has 2 heteroatoms. The van der Waals surface area contributed by atoms with E-state index in [4.69, 9.17) is 4.74 Å². The molecular weight excluding hydrogens is 282 g/mol. The second-order valence-corrected chi connectivity index (χ2v) is 6.12. The Morgan fingerprint density at radius 1 is 1.09 bits per heavy atom. The SMILES string of the molecule is C/C=C(\c1cccc(OC)c1)[C@H](Cc1ccccc1)CN(C)C. The summed E-state index contributed by atoms with van der Waals surface area (Å²) in [5, 5.41) is 0. The van der Waals surface area contributed by atoms with Crippen LogP contribution < -0.4 is 4.74 Å². The Hall–Kier alpha value is -2.06. The van der Waals surface area contributed by atoms with Crippen molar-refractivity contribution in [2.24, 2.45) is 5.92 Å². The van der Waals surface area contributed by atoms with Gasteiger partial charge in [0, 0.05) is 12.5 Å². The van der Waals surface area contributed by atoms with Crippen LogP contribution in [0.25, 0.3) is 5.57 Å². The molecule has 0 unspecified atom stereocenters. The summed E-state index contributed by atoms with van der Waals surface area (Å²) in [6.07, 6.45) is 3.28. The van der Waals surface area contributed by atoms with Gasteiger partial charge in [-0.2, -0.15) is 0 Å². The van der Waals surface area contributed by atoms with Crippen LogP contribution in [0.5, 0.6) is 5.75 Å². The maximum absolute atomic E-state index is 5.39. The van der Waals surface area contributed by atoms with Gasteiger partial charge in [-0.1, -0.05) is 48.5 Å². The highest BCUT2D eigenvalue weighted by Gasteiger charge is 2.17. The summed E-state index contributed by atoms with van der Waals surface area (Å²) in [5.74, 6) is 1.36. The van der Waals surface area contributed by atoms with Gasteiger partial charge in [-0.25, -0.2) is 0 Å². The van der Waals surface area contributed by atoms with E-state index in [2.05, 4.69) is 80.5 Å². The van der Waals surface area contributed by atoms with Crippen molar-refractivity contribution < 1.29 is 4.74 Å². The van der Waals surface area contributed by atoms with Gasteiger partial charge in [-0.05, 0) is 56.3 Å². The minimum absolute atomic E-state index is 0.449. The molecular formula is C21H27NO. The number of ether oxygens (including phenoxy) is 1. The summed E-state index contributed by atoms with van der Waals surface area (Å²) in [5.41, 5.74) is 4.00. The molecule has 0 aliphatic carbocycles. The summed E-state index contributed by atoms with van der Waals surface area (Å²) in [4.78, 5) is 2.26. The molecule has 0 bridgehead atoms. The van der Waals surface area contributed by atoms with Crippen LogP contribution in [0, 0.1) is 5.92 Å². The number of hydrogen-bond acceptors (Lipinski definition) is 2. The number of methoxy groups -OCH3 is 1. The summed E-state index contributed by atoms with van der Waals surface area (Å²) >= 11 is 0. The lowest BCUT2D eigenvalue weighted by Gasteiger charge is -2.25. The fourth-order valence-corrected chi connectivity index (χ4v) is 3.05. The van der Waals surface area contributed by atoms with Gasteiger partial charge in [0.05, 0.1) is 7.11 Å². The molecule has 2 rings (SSSR count). The minimum atomic E-state index is 0.449. The highest BCUT2D eigenvalue weighted by molar-refractivity contribution is 5.68. The van der Waals surface area contributed by atoms with Crippen LogP contribution in [-0.4, -0.2) is 32.6 Å². The van der Waals surface area contributed by atoms with E-state index in [1.54, 1.807) is 7.11 Å². The standard InChI is InChI=1S/C21H27NO/c1-5-21(18-12-9-13-20(15-18)23-4)19(16-22(2)3)14-17-10-7-6-8-11-17/h5-13,15,19H,14,16H2,1-4H3/b21-5+/t19-/m1/s1. The van der Waals surface area contributed by atoms with Crippen LogP contribution in [0.3, 0.4) is 0 Å². The first-order valence-electron chi connectivity index (χ1n) is 8.13. The molecule has 1 atom stereocenters. The van der Waals surface area contributed by atoms with E-state index in [0.29, 0.717) is 5.92 Å². The van der Waals surface area contributed by atoms with Gasteiger partial charge < -0.3 is 9.64 Å². The van der Waals surface area contributed by atoms with Crippen molar-refractivity contribution in [2.45, 2.75) is 13.3 Å². The average molecular weight is 309 g/mol. The van der Waals surface area contributed by atoms with E-state index in [9.17, 15) is 0 Å². The number of rotatable bonds is 7. The van der Waals surface area contributed by atoms with Crippen LogP contribution in [-0.2, 0) is 6.42 Å². The number of allylic oxidation sites excluding steroid dienone is 1. The van der Waals surface area contributed by atoms with Crippen LogP contribution in [0.4, 0.5) is 0 Å². The van der Waals surface area contributed by atoms with Crippen LogP contribution in [0.15, 0.2) is 60.7 Å². The lowest BCUT2D eigenvalue weighted by molar-refractivity contribution is 0.363. The molecule has 2 nitrogen and oxygen atoms in total. The Kier molecular flexibility index (Phi) is 6.42. The smallest absolute Gasteiger partial charge is 0.119 e. The molecule has 0 amide bonds. The Balaban J connectivity index is 2.31. The summed E-state index contributed by atoms with van der Waals surface area (Å²) in [6, 6.07) is 19.1. The van der Waals surface area contributed by atoms with E-state index in [1.807, 2.05) is 6.07 Å². The van der Waals surface area contributed by atoms with E-state index in [1.165, 1.54) is 16.7 Å². The van der Waals surface area contributed by atoms with E-state index >= 15 is 0 Å². The Morgan fingerprint density at radius 3 is 2.43 bits per heavy atom. The van der Waals surface area contributed by atoms with Crippen molar-refractivity contribution in [1.29, 1.82) is 0 Å². The molecule has 0 aromatic heterocycles. The predicted octanol–water partition coefficient (Wildman–Crippen LogP) is 4.52. The van der Waals surface area contributed by atoms with Crippen molar-refractivity contribution in [3.05, 3.63) is 71.8 Å². The molecule has 0 aliphatic rings. The van der Waals surface area contributed by atoms with Gasteiger partial charge in [0.15, 0.2) is 0 Å². The van der Waals surface area contributed by atoms with Crippen LogP contribution >= 0.6 is 0 Å². The Bertz CT molecular complexity index is 631. The monoisotopic (exact) mass is 309 g/mol. The van der Waals surface area contributed by atoms with E-state index in [-0.39, 0.29) is 0 Å². The van der Waals surface area contributed by atoms with E-state index in [0.717, 1.165) is 18.7 Å². The van der Waals surface area contributed by atoms with Crippen LogP contribution in [0.1, 0.15) is 18.1 Å². The molecule has 0 fully saturated rings. The number of nitrogens with zero attached hydrogens (tertiary/aromatic N) is 1. The molecule has 122 valence electrons. The molecule has 0 heterocycles. The summed E-state index contributed by atoms with van der Waals surface area (Å²) in [6.45, 7) is 3.15. The Labute approximate surface area is 140 Å². The molecule has 23 heavy (non-hydrogen) atoms. The van der Waals surface area contributed by atoms with Gasteiger partial charge in [0.2, 0.25) is 0 Å². The third kappa shape index (κ3) is 4.97. The topological polar surface area (TPSA) is 12.5 Å². The lowest BCUT2D eigenvalue weighted by atomic mass is 9.86. The van der Waals surface area contributed by atoms with Gasteiger partial charge in [-0.15, -0.1) is 0 Å². The molecule has 0 spiro atoms. The number of hydrogen-bond donors (Lipinski definition) is 0. The van der Waals surface area contributed by atoms with Crippen molar-refractivity contribution in [3.63, 3.8) is 0 Å². The van der Waals surface area contributed by atoms with Gasteiger partial charge >= 0.3 is 0 Å². The van der Waals surface area contributed by atoms with Crippen molar-refractivity contribution >= 4 is 5.57 Å². The van der Waals surface area contributed by atoms with Gasteiger partial charge in [-0.3, -0.25) is 0 Å². The van der Waals surface area contributed by atoms with E-state index < -0.39 is 0 Å². The predicted molar refractivity (Wildman–Crippen MR) is 98.8 cm³/mol. The molecule has 0 radical (unpaired) electrons. The first kappa shape index (κ1) is 17.3. The normalized spacial score (nSPS) is 13.2. The molecule has 0 saturated carbocycles.